The van der Waals surface area contributed by atoms with Crippen molar-refractivity contribution in [2.24, 2.45) is 11.7 Å². The van der Waals surface area contributed by atoms with Crippen LogP contribution in [0.4, 0.5) is 0 Å². The first-order valence-corrected chi connectivity index (χ1v) is 6.54. The molecule has 2 atom stereocenters. The number of hydrogen-bond donors (Lipinski definition) is 1. The maximum atomic E-state index is 5.78. The lowest BCUT2D eigenvalue weighted by Gasteiger charge is -2.37. The highest BCUT2D eigenvalue weighted by molar-refractivity contribution is 5.12. The minimum Gasteiger partial charge on any atom is -0.330 e. The van der Waals surface area contributed by atoms with Gasteiger partial charge in [-0.2, -0.15) is 0 Å². The zero-order valence-corrected chi connectivity index (χ0v) is 10.9. The van der Waals surface area contributed by atoms with E-state index in [1.807, 2.05) is 6.20 Å². The van der Waals surface area contributed by atoms with E-state index in [2.05, 4.69) is 35.9 Å². The summed E-state index contributed by atoms with van der Waals surface area (Å²) < 4.78 is 0. The summed E-state index contributed by atoms with van der Waals surface area (Å²) >= 11 is 0. The Morgan fingerprint density at radius 1 is 1.41 bits per heavy atom. The third-order valence-corrected chi connectivity index (χ3v) is 3.78. The summed E-state index contributed by atoms with van der Waals surface area (Å²) in [5.74, 6) is 0.664. The molecule has 0 spiro atoms. The number of piperidine rings is 1. The van der Waals surface area contributed by atoms with Gasteiger partial charge in [-0.3, -0.25) is 9.88 Å². The van der Waals surface area contributed by atoms with E-state index >= 15 is 0 Å². The quantitative estimate of drug-likeness (QED) is 0.867. The molecule has 2 rings (SSSR count). The molecule has 94 valence electrons. The van der Waals surface area contributed by atoms with Crippen molar-refractivity contribution in [2.45, 2.75) is 39.3 Å². The molecule has 3 nitrogen and oxygen atoms in total. The largest absolute Gasteiger partial charge is 0.330 e. The lowest BCUT2D eigenvalue weighted by molar-refractivity contribution is 0.112. The predicted octanol–water partition coefficient (Wildman–Crippen LogP) is 1.95. The van der Waals surface area contributed by atoms with Crippen molar-refractivity contribution < 1.29 is 0 Å². The highest BCUT2D eigenvalue weighted by atomic mass is 15.2. The molecule has 0 aliphatic carbocycles. The Hall–Kier alpha value is -0.930. The Morgan fingerprint density at radius 3 is 2.88 bits per heavy atom. The van der Waals surface area contributed by atoms with E-state index in [9.17, 15) is 0 Å². The Morgan fingerprint density at radius 2 is 2.24 bits per heavy atom. The Kier molecular flexibility index (Phi) is 4.13. The maximum absolute atomic E-state index is 5.78. The average molecular weight is 233 g/mol. The number of nitrogens with two attached hydrogens (primary N) is 1. The highest BCUT2D eigenvalue weighted by Crippen LogP contribution is 2.22. The van der Waals surface area contributed by atoms with Gasteiger partial charge in [0.25, 0.3) is 0 Å². The van der Waals surface area contributed by atoms with E-state index in [0.29, 0.717) is 12.0 Å². The molecule has 2 N–H and O–H groups in total. The molecule has 0 bridgehead atoms. The van der Waals surface area contributed by atoms with E-state index in [1.54, 1.807) is 0 Å². The molecule has 0 amide bonds. The van der Waals surface area contributed by atoms with Gasteiger partial charge in [0.1, 0.15) is 0 Å². The summed E-state index contributed by atoms with van der Waals surface area (Å²) in [5.41, 5.74) is 8.17. The summed E-state index contributed by atoms with van der Waals surface area (Å²) in [7, 11) is 0. The Bertz CT molecular complexity index is 347. The molecule has 0 saturated carbocycles. The standard InChI is InChI=1S/C14H23N3/c1-11-3-6-14(16-8-11)10-17-9-13(7-15)5-4-12(17)2/h3,6,8,12-13H,4-5,7,9-10,15H2,1-2H3. The van der Waals surface area contributed by atoms with Crippen LogP contribution in [0.5, 0.6) is 0 Å². The molecule has 1 aromatic rings. The second-order valence-electron chi connectivity index (χ2n) is 5.28. The van der Waals surface area contributed by atoms with Gasteiger partial charge in [0.2, 0.25) is 0 Å². The molecule has 3 heteroatoms. The minimum absolute atomic E-state index is 0.654. The third-order valence-electron chi connectivity index (χ3n) is 3.78. The van der Waals surface area contributed by atoms with Gasteiger partial charge >= 0.3 is 0 Å². The van der Waals surface area contributed by atoms with Crippen molar-refractivity contribution in [2.75, 3.05) is 13.1 Å². The number of aryl methyl sites for hydroxylation is 1. The number of rotatable bonds is 3. The molecule has 0 radical (unpaired) electrons. The molecule has 17 heavy (non-hydrogen) atoms. The van der Waals surface area contributed by atoms with E-state index in [0.717, 1.165) is 19.6 Å². The van der Waals surface area contributed by atoms with Crippen molar-refractivity contribution in [3.63, 3.8) is 0 Å². The monoisotopic (exact) mass is 233 g/mol. The van der Waals surface area contributed by atoms with Crippen LogP contribution >= 0.6 is 0 Å². The number of pyridine rings is 1. The molecule has 0 aromatic carbocycles. The first kappa shape index (κ1) is 12.5. The van der Waals surface area contributed by atoms with Gasteiger partial charge in [0.15, 0.2) is 0 Å². The van der Waals surface area contributed by atoms with E-state index in [4.69, 9.17) is 5.73 Å². The number of nitrogens with zero attached hydrogens (tertiary/aromatic N) is 2. The van der Waals surface area contributed by atoms with Crippen LogP contribution in [-0.2, 0) is 6.54 Å². The van der Waals surface area contributed by atoms with Gasteiger partial charge in [0.05, 0.1) is 5.69 Å². The van der Waals surface area contributed by atoms with Crippen LogP contribution < -0.4 is 5.73 Å². The van der Waals surface area contributed by atoms with Crippen molar-refractivity contribution in [3.05, 3.63) is 29.6 Å². The van der Waals surface area contributed by atoms with Crippen LogP contribution in [0.2, 0.25) is 0 Å². The highest BCUT2D eigenvalue weighted by Gasteiger charge is 2.24. The lowest BCUT2D eigenvalue weighted by atomic mass is 9.93. The molecule has 1 aliphatic rings. The molecule has 2 unspecified atom stereocenters. The lowest BCUT2D eigenvalue weighted by Crippen LogP contribution is -2.43. The van der Waals surface area contributed by atoms with E-state index in [-0.39, 0.29) is 0 Å². The van der Waals surface area contributed by atoms with Crippen LogP contribution in [-0.4, -0.2) is 29.0 Å². The fraction of sp³-hybridized carbons (Fsp3) is 0.643. The van der Waals surface area contributed by atoms with Gasteiger partial charge in [-0.1, -0.05) is 6.07 Å². The van der Waals surface area contributed by atoms with Crippen LogP contribution in [0, 0.1) is 12.8 Å². The van der Waals surface area contributed by atoms with Gasteiger partial charge in [-0.25, -0.2) is 0 Å². The fourth-order valence-electron chi connectivity index (χ4n) is 2.48. The Balaban J connectivity index is 1.98. The van der Waals surface area contributed by atoms with E-state index in [1.165, 1.54) is 24.1 Å². The van der Waals surface area contributed by atoms with Crippen molar-refractivity contribution in [3.8, 4) is 0 Å². The first-order chi connectivity index (χ1) is 8.19. The van der Waals surface area contributed by atoms with Gasteiger partial charge in [-0.15, -0.1) is 0 Å². The summed E-state index contributed by atoms with van der Waals surface area (Å²) in [6.45, 7) is 7.27. The SMILES string of the molecule is Cc1ccc(CN2CC(CN)CCC2C)nc1. The smallest absolute Gasteiger partial charge is 0.0544 e. The normalized spacial score (nSPS) is 26.1. The predicted molar refractivity (Wildman–Crippen MR) is 70.6 cm³/mol. The summed E-state index contributed by atoms with van der Waals surface area (Å²) in [6, 6.07) is 4.92. The van der Waals surface area contributed by atoms with Gasteiger partial charge in [0, 0.05) is 25.3 Å². The van der Waals surface area contributed by atoms with Crippen LogP contribution in [0.3, 0.4) is 0 Å². The molecule has 1 saturated heterocycles. The molecule has 1 fully saturated rings. The molecule has 2 heterocycles. The first-order valence-electron chi connectivity index (χ1n) is 6.54. The fourth-order valence-corrected chi connectivity index (χ4v) is 2.48. The summed E-state index contributed by atoms with van der Waals surface area (Å²) in [6.07, 6.45) is 4.48. The van der Waals surface area contributed by atoms with Gasteiger partial charge < -0.3 is 5.73 Å². The number of hydrogen-bond acceptors (Lipinski definition) is 3. The minimum atomic E-state index is 0.654. The van der Waals surface area contributed by atoms with Crippen LogP contribution in [0.25, 0.3) is 0 Å². The Labute approximate surface area is 104 Å². The van der Waals surface area contributed by atoms with Crippen LogP contribution in [0.1, 0.15) is 31.0 Å². The number of likely N-dealkylation sites (tertiary alicyclic amines) is 1. The maximum Gasteiger partial charge on any atom is 0.0544 e. The third kappa shape index (κ3) is 3.27. The van der Waals surface area contributed by atoms with Crippen molar-refractivity contribution >= 4 is 0 Å². The van der Waals surface area contributed by atoms with E-state index < -0.39 is 0 Å². The number of aromatic nitrogens is 1. The second kappa shape index (κ2) is 5.61. The zero-order chi connectivity index (χ0) is 12.3. The summed E-state index contributed by atoms with van der Waals surface area (Å²) in [5, 5.41) is 0. The summed E-state index contributed by atoms with van der Waals surface area (Å²) in [4.78, 5) is 7.00. The molecule has 1 aromatic heterocycles. The topological polar surface area (TPSA) is 42.1 Å². The van der Waals surface area contributed by atoms with Crippen molar-refractivity contribution in [1.82, 2.24) is 9.88 Å². The molecular weight excluding hydrogens is 210 g/mol. The average Bonchev–Trinajstić information content (AvgIpc) is 2.35. The van der Waals surface area contributed by atoms with Gasteiger partial charge in [-0.05, 0) is 50.8 Å². The molecule has 1 aliphatic heterocycles. The zero-order valence-electron chi connectivity index (χ0n) is 10.9. The van der Waals surface area contributed by atoms with Crippen LogP contribution in [0.15, 0.2) is 18.3 Å². The molecular formula is C14H23N3. The second-order valence-corrected chi connectivity index (χ2v) is 5.28. The van der Waals surface area contributed by atoms with Crippen molar-refractivity contribution in [1.29, 1.82) is 0 Å².